The fourth-order valence-corrected chi connectivity index (χ4v) is 7.78. The summed E-state index contributed by atoms with van der Waals surface area (Å²) in [6.45, 7) is 9.22. The molecule has 1 aliphatic rings. The van der Waals surface area contributed by atoms with Crippen LogP contribution in [0.25, 0.3) is 0 Å². The average molecular weight is 544 g/mol. The van der Waals surface area contributed by atoms with Gasteiger partial charge in [0.15, 0.2) is 12.4 Å². The summed E-state index contributed by atoms with van der Waals surface area (Å²) in [4.78, 5) is 0. The Labute approximate surface area is 247 Å². The summed E-state index contributed by atoms with van der Waals surface area (Å²) in [5, 5.41) is 0. The van der Waals surface area contributed by atoms with Crippen molar-refractivity contribution in [3.05, 3.63) is 35.9 Å². The van der Waals surface area contributed by atoms with Gasteiger partial charge in [0.25, 0.3) is 0 Å². The van der Waals surface area contributed by atoms with Gasteiger partial charge in [0.05, 0.1) is 0 Å². The first-order chi connectivity index (χ1) is 19.6. The van der Waals surface area contributed by atoms with Crippen molar-refractivity contribution in [1.29, 1.82) is 0 Å². The lowest BCUT2D eigenvalue weighted by atomic mass is 9.35. The van der Waals surface area contributed by atoms with E-state index < -0.39 is 12.8 Å². The number of terminal acetylenes is 2. The van der Waals surface area contributed by atoms with Gasteiger partial charge in [-0.1, -0.05) is 168 Å². The highest BCUT2D eigenvalue weighted by Gasteiger charge is 2.56. The summed E-state index contributed by atoms with van der Waals surface area (Å²) in [6, 6.07) is 0. The third-order valence-corrected chi connectivity index (χ3v) is 10.0. The molecule has 40 heavy (non-hydrogen) atoms. The summed E-state index contributed by atoms with van der Waals surface area (Å²) >= 11 is 0. The molecule has 2 aromatic heterocycles. The fourth-order valence-electron chi connectivity index (χ4n) is 7.78. The van der Waals surface area contributed by atoms with E-state index in [2.05, 4.69) is 82.7 Å². The quantitative estimate of drug-likeness (QED) is 0.0910. The first-order valence-electron chi connectivity index (χ1n) is 17.2. The maximum absolute atomic E-state index is 6.12. The summed E-state index contributed by atoms with van der Waals surface area (Å²) in [5.74, 6) is 6.07. The Morgan fingerprint density at radius 3 is 1.07 bits per heavy atom. The van der Waals surface area contributed by atoms with Gasteiger partial charge in [-0.2, -0.15) is 0 Å². The Kier molecular flexibility index (Phi) is 13.0. The number of rotatable bonds is 20. The van der Waals surface area contributed by atoms with Crippen molar-refractivity contribution in [1.82, 2.24) is 9.19 Å². The van der Waals surface area contributed by atoms with E-state index in [-0.39, 0.29) is 0 Å². The molecule has 0 aromatic carbocycles. The van der Waals surface area contributed by atoms with Gasteiger partial charge in [0, 0.05) is 12.4 Å². The molecular formula is C34H58B2N4. The van der Waals surface area contributed by atoms with E-state index in [0.717, 1.165) is 11.1 Å². The van der Waals surface area contributed by atoms with Gasteiger partial charge in [-0.3, -0.25) is 0 Å². The Balaban J connectivity index is 2.21. The normalized spacial score (nSPS) is 14.8. The molecule has 0 amide bonds. The molecular weight excluding hydrogens is 486 g/mol. The molecule has 0 radical (unpaired) electrons. The van der Waals surface area contributed by atoms with Crippen LogP contribution in [0.4, 0.5) is 0 Å². The lowest BCUT2D eigenvalue weighted by Crippen LogP contribution is -2.92. The molecule has 0 bridgehead atoms. The number of fused-ring (bicyclic) bond motifs is 2. The number of unbranched alkanes of at least 4 members (excludes halogenated alkanes) is 12. The predicted molar refractivity (Wildman–Crippen MR) is 174 cm³/mol. The van der Waals surface area contributed by atoms with E-state index in [9.17, 15) is 0 Å². The second-order valence-electron chi connectivity index (χ2n) is 12.9. The minimum atomic E-state index is -1.11. The van der Waals surface area contributed by atoms with Crippen LogP contribution >= 0.6 is 0 Å². The van der Waals surface area contributed by atoms with Crippen LogP contribution < -0.4 is 9.19 Å². The molecule has 6 heteroatoms. The maximum atomic E-state index is 6.12. The minimum Gasteiger partial charge on any atom is -0.341 e. The van der Waals surface area contributed by atoms with Crippen LogP contribution in [0, 0.1) is 24.7 Å². The van der Waals surface area contributed by atoms with Crippen molar-refractivity contribution in [2.75, 3.05) is 0 Å². The van der Waals surface area contributed by atoms with Crippen LogP contribution in [0.3, 0.4) is 0 Å². The van der Waals surface area contributed by atoms with Crippen LogP contribution in [0.5, 0.6) is 0 Å². The Morgan fingerprint density at radius 1 is 0.525 bits per heavy atom. The molecule has 0 spiro atoms. The molecule has 3 heterocycles. The van der Waals surface area contributed by atoms with Gasteiger partial charge >= 0.3 is 12.8 Å². The third kappa shape index (κ3) is 7.11. The van der Waals surface area contributed by atoms with E-state index in [1.54, 1.807) is 0 Å². The van der Waals surface area contributed by atoms with Crippen molar-refractivity contribution >= 4 is 12.8 Å². The van der Waals surface area contributed by atoms with E-state index in [1.165, 1.54) is 128 Å². The number of hydrogen-bond donors (Lipinski definition) is 0. The number of nitrogens with zero attached hydrogens (tertiary/aromatic N) is 4. The van der Waals surface area contributed by atoms with Crippen LogP contribution in [-0.4, -0.2) is 22.0 Å². The topological polar surface area (TPSA) is 17.6 Å². The Bertz CT molecular complexity index is 957. The molecule has 3 rings (SSSR count). The first-order valence-corrected chi connectivity index (χ1v) is 17.2. The molecule has 0 N–H and O–H groups in total. The van der Waals surface area contributed by atoms with Crippen molar-refractivity contribution in [3.63, 3.8) is 0 Å². The van der Waals surface area contributed by atoms with Crippen molar-refractivity contribution in [2.24, 2.45) is 0 Å². The smallest absolute Gasteiger partial charge is 0.341 e. The molecule has 0 aliphatic carbocycles. The highest BCUT2D eigenvalue weighted by Crippen LogP contribution is 2.31. The molecule has 0 fully saturated rings. The highest BCUT2D eigenvalue weighted by atomic mass is 15.5. The van der Waals surface area contributed by atoms with Crippen LogP contribution in [-0.2, 0) is 0 Å². The van der Waals surface area contributed by atoms with Crippen LogP contribution in [0.15, 0.2) is 24.8 Å². The van der Waals surface area contributed by atoms with Gasteiger partial charge in [0.1, 0.15) is 11.1 Å². The SMILES string of the molecule is C#Cc1cn2[n+](c1)[B-](CCCCCC)(CCCCCC)n1cc(C#C)c[n+]1[B-]2(CCCCCC)CCCCCC. The predicted octanol–water partition coefficient (Wildman–Crippen LogP) is 8.14. The average Bonchev–Trinajstić information content (AvgIpc) is 3.62. The second kappa shape index (κ2) is 16.2. The van der Waals surface area contributed by atoms with Gasteiger partial charge in [0.2, 0.25) is 0 Å². The van der Waals surface area contributed by atoms with E-state index in [0.29, 0.717) is 0 Å². The Hall–Kier alpha value is -2.33. The molecule has 2 aromatic rings. The van der Waals surface area contributed by atoms with Crippen LogP contribution in [0.1, 0.15) is 142 Å². The fraction of sp³-hybridized carbons (Fsp3) is 0.706. The molecule has 0 atom stereocenters. The highest BCUT2D eigenvalue weighted by molar-refractivity contribution is 6.74. The van der Waals surface area contributed by atoms with E-state index in [1.807, 2.05) is 0 Å². The molecule has 1 aliphatic heterocycles. The lowest BCUT2D eigenvalue weighted by molar-refractivity contribution is -0.716. The lowest BCUT2D eigenvalue weighted by Gasteiger charge is -2.48. The summed E-state index contributed by atoms with van der Waals surface area (Å²) < 4.78 is 10.7. The Morgan fingerprint density at radius 2 is 0.825 bits per heavy atom. The zero-order chi connectivity index (χ0) is 28.8. The largest absolute Gasteiger partial charge is 0.439 e. The number of hydrogen-bond acceptors (Lipinski definition) is 0. The third-order valence-electron chi connectivity index (χ3n) is 10.0. The second-order valence-corrected chi connectivity index (χ2v) is 12.9. The monoisotopic (exact) mass is 544 g/mol. The zero-order valence-corrected chi connectivity index (χ0v) is 26.5. The molecule has 220 valence electrons. The van der Waals surface area contributed by atoms with Gasteiger partial charge in [-0.25, -0.2) is 0 Å². The van der Waals surface area contributed by atoms with E-state index in [4.69, 9.17) is 12.8 Å². The summed E-state index contributed by atoms with van der Waals surface area (Å²) in [5.41, 5.74) is 2.04. The van der Waals surface area contributed by atoms with Crippen molar-refractivity contribution < 1.29 is 9.19 Å². The minimum absolute atomic E-state index is 1.02. The first kappa shape index (κ1) is 32.2. The van der Waals surface area contributed by atoms with Gasteiger partial charge in [-0.15, -0.1) is 12.8 Å². The van der Waals surface area contributed by atoms with Crippen molar-refractivity contribution in [2.45, 2.75) is 156 Å². The van der Waals surface area contributed by atoms with Crippen LogP contribution in [0.2, 0.25) is 25.3 Å². The van der Waals surface area contributed by atoms with Gasteiger partial charge < -0.3 is 18.4 Å². The molecule has 0 saturated heterocycles. The van der Waals surface area contributed by atoms with Crippen molar-refractivity contribution in [3.8, 4) is 24.7 Å². The summed E-state index contributed by atoms with van der Waals surface area (Å²) in [6.07, 6.45) is 44.3. The standard InChI is InChI=1S/C34H58B2N4/c1-7-13-17-21-25-35(26-22-18-14-8-2)37-29-33(11-5)31-39(37)36(27-23-19-15-9-3,28-24-20-16-10-4)40-32-34(12-6)30-38(35)40/h5-6,29-32H,7-10,13-28H2,1-4H3. The molecule has 4 nitrogen and oxygen atoms in total. The zero-order valence-electron chi connectivity index (χ0n) is 26.5. The molecule has 0 unspecified atom stereocenters. The maximum Gasteiger partial charge on any atom is 0.439 e. The molecule has 0 saturated carbocycles. The summed E-state index contributed by atoms with van der Waals surface area (Å²) in [7, 11) is 0. The van der Waals surface area contributed by atoms with E-state index >= 15 is 0 Å². The number of aromatic nitrogens is 4. The van der Waals surface area contributed by atoms with Gasteiger partial charge in [-0.05, 0) is 0 Å².